The van der Waals surface area contributed by atoms with Crippen LogP contribution in [0.2, 0.25) is 0 Å². The van der Waals surface area contributed by atoms with Crippen LogP contribution < -0.4 is 0 Å². The first kappa shape index (κ1) is 68.1. The van der Waals surface area contributed by atoms with Gasteiger partial charge in [-0.2, -0.15) is 0 Å². The molecular formula is C66H110O6. The summed E-state index contributed by atoms with van der Waals surface area (Å²) in [6, 6.07) is 0. The van der Waals surface area contributed by atoms with Gasteiger partial charge in [-0.05, 0) is 103 Å². The van der Waals surface area contributed by atoms with Gasteiger partial charge in [-0.3, -0.25) is 14.4 Å². The normalized spacial score (nSPS) is 12.9. The summed E-state index contributed by atoms with van der Waals surface area (Å²) in [5.74, 6) is -0.900. The Labute approximate surface area is 444 Å². The van der Waals surface area contributed by atoms with Crippen LogP contribution in [-0.2, 0) is 28.6 Å². The fourth-order valence-corrected chi connectivity index (χ4v) is 8.11. The number of carbonyl (C=O) groups excluding carboxylic acids is 3. The van der Waals surface area contributed by atoms with Crippen molar-refractivity contribution in [2.24, 2.45) is 0 Å². The molecule has 0 rings (SSSR count). The molecule has 0 bridgehead atoms. The minimum absolute atomic E-state index is 0.0818. The molecule has 0 radical (unpaired) electrons. The van der Waals surface area contributed by atoms with E-state index in [1.54, 1.807) is 0 Å². The van der Waals surface area contributed by atoms with E-state index in [2.05, 4.69) is 130 Å². The molecule has 72 heavy (non-hydrogen) atoms. The summed E-state index contributed by atoms with van der Waals surface area (Å²) >= 11 is 0. The number of carbonyl (C=O) groups is 3. The van der Waals surface area contributed by atoms with Crippen LogP contribution in [0.4, 0.5) is 0 Å². The van der Waals surface area contributed by atoms with Crippen molar-refractivity contribution in [2.75, 3.05) is 13.2 Å². The summed E-state index contributed by atoms with van der Waals surface area (Å²) in [6.07, 6.45) is 81.1. The van der Waals surface area contributed by atoms with Crippen LogP contribution in [-0.4, -0.2) is 37.2 Å². The van der Waals surface area contributed by atoms with Gasteiger partial charge in [0, 0.05) is 19.3 Å². The molecule has 0 aliphatic rings. The number of esters is 3. The molecule has 0 aromatic carbocycles. The molecule has 0 heterocycles. The first-order valence-corrected chi connectivity index (χ1v) is 29.9. The van der Waals surface area contributed by atoms with Crippen LogP contribution in [0.1, 0.15) is 271 Å². The summed E-state index contributed by atoms with van der Waals surface area (Å²) in [5.41, 5.74) is 0. The average Bonchev–Trinajstić information content (AvgIpc) is 3.38. The van der Waals surface area contributed by atoms with E-state index in [9.17, 15) is 14.4 Å². The zero-order valence-corrected chi connectivity index (χ0v) is 46.9. The monoisotopic (exact) mass is 999 g/mol. The van der Waals surface area contributed by atoms with Gasteiger partial charge in [0.05, 0.1) is 0 Å². The lowest BCUT2D eigenvalue weighted by atomic mass is 10.0. The lowest BCUT2D eigenvalue weighted by Gasteiger charge is -2.18. The van der Waals surface area contributed by atoms with Gasteiger partial charge in [0.25, 0.3) is 0 Å². The highest BCUT2D eigenvalue weighted by molar-refractivity contribution is 5.71. The molecule has 0 aliphatic heterocycles. The smallest absolute Gasteiger partial charge is 0.306 e. The minimum atomic E-state index is -0.782. The second kappa shape index (κ2) is 59.6. The van der Waals surface area contributed by atoms with Gasteiger partial charge < -0.3 is 14.2 Å². The number of rotatable bonds is 53. The van der Waals surface area contributed by atoms with E-state index in [-0.39, 0.29) is 31.1 Å². The Balaban J connectivity index is 4.16. The number of hydrogen-bond donors (Lipinski definition) is 0. The Morgan fingerprint density at radius 3 is 0.847 bits per heavy atom. The predicted octanol–water partition coefficient (Wildman–Crippen LogP) is 20.3. The highest BCUT2D eigenvalue weighted by Gasteiger charge is 2.19. The molecule has 0 fully saturated rings. The molecular weight excluding hydrogens is 889 g/mol. The molecule has 0 saturated carbocycles. The van der Waals surface area contributed by atoms with Gasteiger partial charge in [-0.15, -0.1) is 0 Å². The molecule has 6 nitrogen and oxygen atoms in total. The third-order valence-corrected chi connectivity index (χ3v) is 12.5. The van der Waals surface area contributed by atoms with Crippen LogP contribution in [0.5, 0.6) is 0 Å². The van der Waals surface area contributed by atoms with Crippen LogP contribution in [0.3, 0.4) is 0 Å². The summed E-state index contributed by atoms with van der Waals surface area (Å²) < 4.78 is 16.8. The first-order chi connectivity index (χ1) is 35.5. The summed E-state index contributed by atoms with van der Waals surface area (Å²) in [6.45, 7) is 6.35. The maximum absolute atomic E-state index is 12.8. The van der Waals surface area contributed by atoms with Crippen LogP contribution in [0.25, 0.3) is 0 Å². The third-order valence-electron chi connectivity index (χ3n) is 12.5. The molecule has 0 spiro atoms. The van der Waals surface area contributed by atoms with Crippen molar-refractivity contribution < 1.29 is 28.6 Å². The predicted molar refractivity (Wildman–Crippen MR) is 311 cm³/mol. The lowest BCUT2D eigenvalue weighted by molar-refractivity contribution is -0.167. The molecule has 0 amide bonds. The average molecular weight is 1000 g/mol. The van der Waals surface area contributed by atoms with Crippen molar-refractivity contribution in [3.8, 4) is 0 Å². The van der Waals surface area contributed by atoms with Gasteiger partial charge in [-0.1, -0.05) is 259 Å². The molecule has 0 aromatic heterocycles. The molecule has 1 unspecified atom stereocenters. The molecule has 0 aliphatic carbocycles. The maximum atomic E-state index is 12.8. The second-order valence-electron chi connectivity index (χ2n) is 19.5. The minimum Gasteiger partial charge on any atom is -0.462 e. The maximum Gasteiger partial charge on any atom is 0.306 e. The molecule has 1 atom stereocenters. The van der Waals surface area contributed by atoms with E-state index in [4.69, 9.17) is 14.2 Å². The van der Waals surface area contributed by atoms with Crippen molar-refractivity contribution in [2.45, 2.75) is 277 Å². The van der Waals surface area contributed by atoms with Crippen LogP contribution in [0.15, 0.2) is 109 Å². The molecule has 0 aromatic rings. The van der Waals surface area contributed by atoms with Crippen molar-refractivity contribution in [1.82, 2.24) is 0 Å². The van der Waals surface area contributed by atoms with Gasteiger partial charge >= 0.3 is 17.9 Å². The summed E-state index contributed by atoms with van der Waals surface area (Å²) in [5, 5.41) is 0. The van der Waals surface area contributed by atoms with Crippen molar-refractivity contribution >= 4 is 17.9 Å². The van der Waals surface area contributed by atoms with Crippen LogP contribution >= 0.6 is 0 Å². The number of hydrogen-bond acceptors (Lipinski definition) is 6. The fraction of sp³-hybridized carbons (Fsp3) is 0.682. The van der Waals surface area contributed by atoms with E-state index < -0.39 is 6.10 Å². The molecule has 410 valence electrons. The van der Waals surface area contributed by atoms with E-state index in [1.165, 1.54) is 109 Å². The van der Waals surface area contributed by atoms with Gasteiger partial charge in [0.2, 0.25) is 0 Å². The highest BCUT2D eigenvalue weighted by Crippen LogP contribution is 2.15. The molecule has 0 N–H and O–H groups in total. The van der Waals surface area contributed by atoms with E-state index in [1.807, 2.05) is 0 Å². The molecule has 6 heteroatoms. The quantitative estimate of drug-likeness (QED) is 0.0261. The SMILES string of the molecule is CC/C=C\C/C=C\C/C=C\C/C=C\C/C=C\CCCCCCCCCCCC(=O)OCC(COC(=O)CCCCCCCC)OC(=O)CCCCCCCCCCCC/C=C\C/C=C\C/C=C\C/C=C\CC. The lowest BCUT2D eigenvalue weighted by Crippen LogP contribution is -2.30. The fourth-order valence-electron chi connectivity index (χ4n) is 8.11. The molecule has 0 saturated heterocycles. The zero-order chi connectivity index (χ0) is 52.2. The van der Waals surface area contributed by atoms with E-state index in [0.29, 0.717) is 19.3 Å². The Morgan fingerprint density at radius 2 is 0.542 bits per heavy atom. The summed E-state index contributed by atoms with van der Waals surface area (Å²) in [4.78, 5) is 38.0. The topological polar surface area (TPSA) is 78.9 Å². The largest absolute Gasteiger partial charge is 0.462 e. The van der Waals surface area contributed by atoms with E-state index >= 15 is 0 Å². The zero-order valence-electron chi connectivity index (χ0n) is 46.9. The van der Waals surface area contributed by atoms with Gasteiger partial charge in [0.15, 0.2) is 6.10 Å². The van der Waals surface area contributed by atoms with Crippen molar-refractivity contribution in [1.29, 1.82) is 0 Å². The third kappa shape index (κ3) is 57.0. The van der Waals surface area contributed by atoms with Crippen molar-refractivity contribution in [3.63, 3.8) is 0 Å². The van der Waals surface area contributed by atoms with E-state index in [0.717, 1.165) is 122 Å². The number of ether oxygens (including phenoxy) is 3. The Morgan fingerprint density at radius 1 is 0.292 bits per heavy atom. The van der Waals surface area contributed by atoms with Gasteiger partial charge in [0.1, 0.15) is 13.2 Å². The van der Waals surface area contributed by atoms with Crippen LogP contribution in [0, 0.1) is 0 Å². The Kier molecular flexibility index (Phi) is 56.4. The highest BCUT2D eigenvalue weighted by atomic mass is 16.6. The summed E-state index contributed by atoms with van der Waals surface area (Å²) in [7, 11) is 0. The number of unbranched alkanes of at least 4 members (excludes halogenated alkanes) is 24. The Bertz CT molecular complexity index is 1470. The van der Waals surface area contributed by atoms with Gasteiger partial charge in [-0.25, -0.2) is 0 Å². The number of allylic oxidation sites excluding steroid dienone is 18. The Hall–Kier alpha value is -3.93. The first-order valence-electron chi connectivity index (χ1n) is 29.9. The standard InChI is InChI=1S/C66H110O6/c1-4-7-10-13-16-18-20-22-24-26-28-30-32-33-35-36-38-40-42-44-46-48-50-53-56-59-65(68)71-62-63(61-70-64(67)58-55-52-15-12-9-6-3)72-66(69)60-57-54-51-49-47-45-43-41-39-37-34-31-29-27-25-23-21-19-17-14-11-8-5-2/h7-8,10-11,16-19,22-25,28-31,33,35,63H,4-6,9,12-15,20-21,26-27,32,34,36-62H2,1-3H3/b10-7-,11-8-,18-16-,19-17-,24-22-,25-23-,30-28-,31-29-,35-33-. The second-order valence-corrected chi connectivity index (χ2v) is 19.5. The van der Waals surface area contributed by atoms with Crippen molar-refractivity contribution in [3.05, 3.63) is 109 Å².